The maximum atomic E-state index is 13.8. The highest BCUT2D eigenvalue weighted by Crippen LogP contribution is 2.28. The molecule has 0 aliphatic heterocycles. The average molecular weight is 319 g/mol. The number of anilines is 1. The summed E-state index contributed by atoms with van der Waals surface area (Å²) in [7, 11) is 1.46. The Morgan fingerprint density at radius 3 is 2.76 bits per heavy atom. The first kappa shape index (κ1) is 17.7. The van der Waals surface area contributed by atoms with E-state index in [1.807, 2.05) is 0 Å². The minimum absolute atomic E-state index is 0. The van der Waals surface area contributed by atoms with E-state index in [-0.39, 0.29) is 30.9 Å². The molecule has 0 saturated heterocycles. The Balaban J connectivity index is 0.00000220. The van der Waals surface area contributed by atoms with Crippen LogP contribution in [0.4, 0.5) is 10.1 Å². The van der Waals surface area contributed by atoms with Crippen molar-refractivity contribution >= 4 is 24.0 Å². The van der Waals surface area contributed by atoms with Crippen molar-refractivity contribution in [2.24, 2.45) is 5.73 Å². The van der Waals surface area contributed by atoms with Gasteiger partial charge in [0, 0.05) is 18.9 Å². The van der Waals surface area contributed by atoms with Crippen LogP contribution < -0.4 is 15.8 Å². The van der Waals surface area contributed by atoms with E-state index < -0.39 is 17.8 Å². The summed E-state index contributed by atoms with van der Waals surface area (Å²) in [6.07, 6.45) is 3.16. The fourth-order valence-electron chi connectivity index (χ4n) is 1.83. The van der Waals surface area contributed by atoms with E-state index in [9.17, 15) is 9.18 Å². The summed E-state index contributed by atoms with van der Waals surface area (Å²) in [5.41, 5.74) is 5.93. The molecule has 1 atom stereocenters. The Morgan fingerprint density at radius 2 is 2.24 bits per heavy atom. The number of carbonyl (C=O) groups is 1. The highest BCUT2D eigenvalue weighted by molar-refractivity contribution is 5.94. The number of rotatable bonds is 6. The van der Waals surface area contributed by atoms with Gasteiger partial charge in [0.05, 0.1) is 12.7 Å². The first-order valence-corrected chi connectivity index (χ1v) is 6.61. The van der Waals surface area contributed by atoms with Gasteiger partial charge in [-0.05, 0) is 31.4 Å². The number of amides is 1. The van der Waals surface area contributed by atoms with Crippen molar-refractivity contribution in [2.45, 2.75) is 31.4 Å². The lowest BCUT2D eigenvalue weighted by atomic mass is 9.96. The van der Waals surface area contributed by atoms with E-state index in [2.05, 4.69) is 5.32 Å². The third-order valence-electron chi connectivity index (χ3n) is 3.23. The van der Waals surface area contributed by atoms with Crippen molar-refractivity contribution in [3.05, 3.63) is 24.0 Å². The van der Waals surface area contributed by atoms with E-state index in [0.717, 1.165) is 19.3 Å². The predicted octanol–water partition coefficient (Wildman–Crippen LogP) is 2.09. The van der Waals surface area contributed by atoms with Crippen molar-refractivity contribution in [3.63, 3.8) is 0 Å². The van der Waals surface area contributed by atoms with E-state index >= 15 is 0 Å². The molecule has 1 amide bonds. The lowest BCUT2D eigenvalue weighted by Gasteiger charge is -2.26. The number of hydrogen-bond donors (Lipinski definition) is 2. The molecule has 0 spiro atoms. The zero-order valence-corrected chi connectivity index (χ0v) is 12.6. The highest BCUT2D eigenvalue weighted by atomic mass is 35.5. The minimum Gasteiger partial charge on any atom is -0.487 e. The fourth-order valence-corrected chi connectivity index (χ4v) is 1.83. The van der Waals surface area contributed by atoms with Crippen LogP contribution in [-0.2, 0) is 9.53 Å². The SMILES string of the molecule is COCC(N)C(=O)Nc1ccc(OC2CCC2)c(F)c1.Cl. The number of carbonyl (C=O) groups excluding carboxylic acids is 1. The fraction of sp³-hybridized carbons (Fsp3) is 0.500. The standard InChI is InChI=1S/C14H19FN2O3.ClH/c1-19-8-12(16)14(18)17-9-5-6-13(11(15)7-9)20-10-3-2-4-10;/h5-7,10,12H,2-4,8,16H2,1H3,(H,17,18);1H. The van der Waals surface area contributed by atoms with E-state index in [0.29, 0.717) is 5.69 Å². The van der Waals surface area contributed by atoms with Crippen LogP contribution in [0.2, 0.25) is 0 Å². The molecule has 1 unspecified atom stereocenters. The molecule has 1 fully saturated rings. The lowest BCUT2D eigenvalue weighted by molar-refractivity contribution is -0.118. The summed E-state index contributed by atoms with van der Waals surface area (Å²) in [5.74, 6) is -0.692. The summed E-state index contributed by atoms with van der Waals surface area (Å²) >= 11 is 0. The Hall–Kier alpha value is -1.37. The second kappa shape index (κ2) is 8.17. The Bertz CT molecular complexity index is 483. The van der Waals surface area contributed by atoms with Crippen molar-refractivity contribution in [3.8, 4) is 5.75 Å². The monoisotopic (exact) mass is 318 g/mol. The van der Waals surface area contributed by atoms with Gasteiger partial charge in [-0.2, -0.15) is 0 Å². The normalized spacial score (nSPS) is 15.6. The second-order valence-electron chi connectivity index (χ2n) is 4.87. The minimum atomic E-state index is -0.783. The van der Waals surface area contributed by atoms with Crippen molar-refractivity contribution in [1.29, 1.82) is 0 Å². The lowest BCUT2D eigenvalue weighted by Crippen LogP contribution is -2.39. The smallest absolute Gasteiger partial charge is 0.243 e. The predicted molar refractivity (Wildman–Crippen MR) is 80.4 cm³/mol. The van der Waals surface area contributed by atoms with Crippen LogP contribution in [0.3, 0.4) is 0 Å². The molecule has 1 aromatic rings. The molecule has 0 heterocycles. The number of benzene rings is 1. The number of halogens is 2. The summed E-state index contributed by atoms with van der Waals surface area (Å²) in [5, 5.41) is 2.54. The van der Waals surface area contributed by atoms with Gasteiger partial charge in [0.1, 0.15) is 6.04 Å². The van der Waals surface area contributed by atoms with Crippen molar-refractivity contribution in [2.75, 3.05) is 19.0 Å². The molecule has 0 radical (unpaired) electrons. The van der Waals surface area contributed by atoms with Gasteiger partial charge in [-0.15, -0.1) is 12.4 Å². The molecular formula is C14H20ClFN2O3. The average Bonchev–Trinajstić information content (AvgIpc) is 2.36. The molecule has 3 N–H and O–H groups in total. The van der Waals surface area contributed by atoms with E-state index in [1.165, 1.54) is 19.2 Å². The van der Waals surface area contributed by atoms with Crippen LogP contribution in [0.5, 0.6) is 5.75 Å². The van der Waals surface area contributed by atoms with Crippen LogP contribution in [0.1, 0.15) is 19.3 Å². The third kappa shape index (κ3) is 4.84. The number of nitrogens with one attached hydrogen (secondary N) is 1. The largest absolute Gasteiger partial charge is 0.487 e. The van der Waals surface area contributed by atoms with Gasteiger partial charge < -0.3 is 20.5 Å². The Morgan fingerprint density at radius 1 is 1.52 bits per heavy atom. The van der Waals surface area contributed by atoms with Gasteiger partial charge >= 0.3 is 0 Å². The summed E-state index contributed by atoms with van der Waals surface area (Å²) in [6, 6.07) is 3.55. The summed E-state index contributed by atoms with van der Waals surface area (Å²) in [6.45, 7) is 0.108. The number of nitrogens with two attached hydrogens (primary N) is 1. The molecule has 7 heteroatoms. The molecule has 0 aromatic heterocycles. The molecule has 118 valence electrons. The van der Waals surface area contributed by atoms with Gasteiger partial charge in [-0.1, -0.05) is 0 Å². The van der Waals surface area contributed by atoms with Crippen LogP contribution in [0.25, 0.3) is 0 Å². The molecule has 21 heavy (non-hydrogen) atoms. The molecule has 1 aliphatic carbocycles. The zero-order valence-electron chi connectivity index (χ0n) is 11.8. The molecule has 1 aromatic carbocycles. The maximum Gasteiger partial charge on any atom is 0.243 e. The first-order chi connectivity index (χ1) is 9.60. The molecule has 5 nitrogen and oxygen atoms in total. The van der Waals surface area contributed by atoms with Gasteiger partial charge in [0.25, 0.3) is 0 Å². The van der Waals surface area contributed by atoms with E-state index in [4.69, 9.17) is 15.2 Å². The number of hydrogen-bond acceptors (Lipinski definition) is 4. The Labute approximate surface area is 129 Å². The van der Waals surface area contributed by atoms with Crippen LogP contribution in [0, 0.1) is 5.82 Å². The first-order valence-electron chi connectivity index (χ1n) is 6.61. The highest BCUT2D eigenvalue weighted by Gasteiger charge is 2.21. The van der Waals surface area contributed by atoms with Crippen molar-refractivity contribution < 1.29 is 18.7 Å². The summed E-state index contributed by atoms with van der Waals surface area (Å²) in [4.78, 5) is 11.7. The molecule has 2 rings (SSSR count). The van der Waals surface area contributed by atoms with Gasteiger partial charge in [0.15, 0.2) is 11.6 Å². The maximum absolute atomic E-state index is 13.8. The van der Waals surface area contributed by atoms with Gasteiger partial charge in [-0.25, -0.2) is 4.39 Å². The summed E-state index contributed by atoms with van der Waals surface area (Å²) < 4.78 is 24.1. The van der Waals surface area contributed by atoms with Crippen LogP contribution in [0.15, 0.2) is 18.2 Å². The third-order valence-corrected chi connectivity index (χ3v) is 3.23. The van der Waals surface area contributed by atoms with Crippen LogP contribution >= 0.6 is 12.4 Å². The molecule has 1 saturated carbocycles. The zero-order chi connectivity index (χ0) is 14.5. The van der Waals surface area contributed by atoms with Crippen LogP contribution in [-0.4, -0.2) is 31.8 Å². The molecule has 1 aliphatic rings. The molecular weight excluding hydrogens is 299 g/mol. The quantitative estimate of drug-likeness (QED) is 0.842. The topological polar surface area (TPSA) is 73.6 Å². The van der Waals surface area contributed by atoms with E-state index in [1.54, 1.807) is 6.07 Å². The number of ether oxygens (including phenoxy) is 2. The Kier molecular flexibility index (Phi) is 6.87. The van der Waals surface area contributed by atoms with Crippen molar-refractivity contribution in [1.82, 2.24) is 0 Å². The van der Waals surface area contributed by atoms with Gasteiger partial charge in [-0.3, -0.25) is 4.79 Å². The van der Waals surface area contributed by atoms with Gasteiger partial charge in [0.2, 0.25) is 5.91 Å². The number of methoxy groups -OCH3 is 1. The second-order valence-corrected chi connectivity index (χ2v) is 4.87. The molecule has 0 bridgehead atoms.